The molecule has 0 unspecified atom stereocenters. The van der Waals surface area contributed by atoms with Crippen LogP contribution in [0.3, 0.4) is 0 Å². The molecule has 0 bridgehead atoms. The third-order valence-electron chi connectivity index (χ3n) is 5.94. The van der Waals surface area contributed by atoms with Gasteiger partial charge in [-0.3, -0.25) is 9.48 Å². The zero-order valence-electron chi connectivity index (χ0n) is 16.2. The van der Waals surface area contributed by atoms with Crippen molar-refractivity contribution in [2.45, 2.75) is 51.3 Å². The Morgan fingerprint density at radius 2 is 1.62 bits per heavy atom. The van der Waals surface area contributed by atoms with Gasteiger partial charge in [-0.15, -0.1) is 0 Å². The second-order valence-corrected chi connectivity index (χ2v) is 9.68. The van der Waals surface area contributed by atoms with Gasteiger partial charge in [0.1, 0.15) is 4.90 Å². The predicted octanol–water partition coefficient (Wildman–Crippen LogP) is 1.70. The van der Waals surface area contributed by atoms with Crippen LogP contribution >= 0.6 is 0 Å². The summed E-state index contributed by atoms with van der Waals surface area (Å²) in [7, 11) is -1.80. The minimum absolute atomic E-state index is 0.0500. The third kappa shape index (κ3) is 3.53. The Morgan fingerprint density at radius 1 is 1.04 bits per heavy atom. The molecule has 3 heterocycles. The largest absolute Gasteiger partial charge is 0.342 e. The van der Waals surface area contributed by atoms with Gasteiger partial charge < -0.3 is 4.90 Å². The van der Waals surface area contributed by atoms with E-state index in [1.807, 2.05) is 4.90 Å². The quantitative estimate of drug-likeness (QED) is 0.797. The summed E-state index contributed by atoms with van der Waals surface area (Å²) in [6.45, 7) is 8.22. The van der Waals surface area contributed by atoms with E-state index in [9.17, 15) is 13.2 Å². The first-order chi connectivity index (χ1) is 12.2. The van der Waals surface area contributed by atoms with E-state index >= 15 is 0 Å². The molecular weight excluding hydrogens is 352 g/mol. The Bertz CT molecular complexity index is 771. The molecule has 2 fully saturated rings. The molecule has 7 nitrogen and oxygen atoms in total. The molecule has 2 saturated heterocycles. The highest BCUT2D eigenvalue weighted by Crippen LogP contribution is 2.29. The number of likely N-dealkylation sites (tertiary alicyclic amines) is 1. The van der Waals surface area contributed by atoms with E-state index in [0.717, 1.165) is 25.9 Å². The number of aromatic nitrogens is 2. The first-order valence-electron chi connectivity index (χ1n) is 9.51. The van der Waals surface area contributed by atoms with Crippen LogP contribution in [0.1, 0.15) is 44.0 Å². The summed E-state index contributed by atoms with van der Waals surface area (Å²) in [5.74, 6) is 0.852. The molecule has 0 saturated carbocycles. The van der Waals surface area contributed by atoms with Crippen molar-refractivity contribution in [2.75, 3.05) is 26.2 Å². The van der Waals surface area contributed by atoms with E-state index < -0.39 is 10.0 Å². The first-order valence-corrected chi connectivity index (χ1v) is 10.9. The van der Waals surface area contributed by atoms with Crippen molar-refractivity contribution in [1.29, 1.82) is 0 Å². The lowest BCUT2D eigenvalue weighted by atomic mass is 9.93. The van der Waals surface area contributed by atoms with Crippen LogP contribution in [0.25, 0.3) is 0 Å². The molecular formula is C18H30N4O3S. The maximum Gasteiger partial charge on any atom is 0.246 e. The highest BCUT2D eigenvalue weighted by molar-refractivity contribution is 7.89. The lowest BCUT2D eigenvalue weighted by Crippen LogP contribution is -2.46. The smallest absolute Gasteiger partial charge is 0.246 e. The predicted molar refractivity (Wildman–Crippen MR) is 99.1 cm³/mol. The second kappa shape index (κ2) is 7.31. The number of rotatable bonds is 3. The van der Waals surface area contributed by atoms with E-state index in [2.05, 4.69) is 12.0 Å². The standard InChI is InChI=1S/C18H30N4O3S/c1-13-5-9-21(10-6-13)18(23)16-7-11-22(12-8-16)26(24,25)17-14(2)19-20(4)15(17)3/h13,16H,5-12H2,1-4H3. The number of piperidine rings is 2. The van der Waals surface area contributed by atoms with Crippen molar-refractivity contribution in [3.05, 3.63) is 11.4 Å². The van der Waals surface area contributed by atoms with E-state index in [-0.39, 0.29) is 11.8 Å². The molecule has 3 rings (SSSR count). The first kappa shape index (κ1) is 19.4. The minimum atomic E-state index is -3.56. The molecule has 0 atom stereocenters. The van der Waals surface area contributed by atoms with Gasteiger partial charge in [-0.1, -0.05) is 6.92 Å². The van der Waals surface area contributed by atoms with Crippen LogP contribution in [-0.4, -0.2) is 59.5 Å². The number of carbonyl (C=O) groups is 1. The summed E-state index contributed by atoms with van der Waals surface area (Å²) in [6.07, 6.45) is 3.34. The molecule has 26 heavy (non-hydrogen) atoms. The number of carbonyl (C=O) groups excluding carboxylic acids is 1. The molecule has 1 aromatic heterocycles. The van der Waals surface area contributed by atoms with Crippen molar-refractivity contribution in [3.63, 3.8) is 0 Å². The zero-order chi connectivity index (χ0) is 19.1. The molecule has 0 aromatic carbocycles. The lowest BCUT2D eigenvalue weighted by Gasteiger charge is -2.36. The number of hydrogen-bond donors (Lipinski definition) is 0. The molecule has 0 spiro atoms. The van der Waals surface area contributed by atoms with Gasteiger partial charge in [0.25, 0.3) is 0 Å². The normalized spacial score (nSPS) is 21.3. The molecule has 146 valence electrons. The number of aryl methyl sites for hydroxylation is 2. The van der Waals surface area contributed by atoms with Gasteiger partial charge in [0.2, 0.25) is 15.9 Å². The number of nitrogens with zero attached hydrogens (tertiary/aromatic N) is 4. The van der Waals surface area contributed by atoms with Gasteiger partial charge in [-0.2, -0.15) is 9.40 Å². The van der Waals surface area contributed by atoms with Gasteiger partial charge >= 0.3 is 0 Å². The highest BCUT2D eigenvalue weighted by Gasteiger charge is 2.36. The average Bonchev–Trinajstić information content (AvgIpc) is 2.87. The average molecular weight is 383 g/mol. The van der Waals surface area contributed by atoms with E-state index in [0.29, 0.717) is 48.1 Å². The summed E-state index contributed by atoms with van der Waals surface area (Å²) in [6, 6.07) is 0. The van der Waals surface area contributed by atoms with Gasteiger partial charge in [-0.05, 0) is 45.4 Å². The van der Waals surface area contributed by atoms with Crippen molar-refractivity contribution in [1.82, 2.24) is 19.0 Å². The topological polar surface area (TPSA) is 75.5 Å². The van der Waals surface area contributed by atoms with Gasteiger partial charge in [0.05, 0.1) is 11.4 Å². The minimum Gasteiger partial charge on any atom is -0.342 e. The molecule has 2 aliphatic rings. The summed E-state index contributed by atoms with van der Waals surface area (Å²) < 4.78 is 29.2. The number of sulfonamides is 1. The number of hydrogen-bond acceptors (Lipinski definition) is 4. The summed E-state index contributed by atoms with van der Waals surface area (Å²) in [4.78, 5) is 15.0. The Labute approximate surface area is 156 Å². The highest BCUT2D eigenvalue weighted by atomic mass is 32.2. The maximum atomic E-state index is 13.0. The Kier molecular flexibility index (Phi) is 5.44. The monoisotopic (exact) mass is 382 g/mol. The fraction of sp³-hybridized carbons (Fsp3) is 0.778. The van der Waals surface area contributed by atoms with Gasteiger partial charge in [0.15, 0.2) is 0 Å². The molecule has 0 aliphatic carbocycles. The van der Waals surface area contributed by atoms with Crippen molar-refractivity contribution < 1.29 is 13.2 Å². The van der Waals surface area contributed by atoms with Crippen LogP contribution < -0.4 is 0 Å². The molecule has 1 aromatic rings. The van der Waals surface area contributed by atoms with Crippen molar-refractivity contribution >= 4 is 15.9 Å². The second-order valence-electron chi connectivity index (χ2n) is 7.81. The molecule has 1 amide bonds. The van der Waals surface area contributed by atoms with Crippen LogP contribution in [0.4, 0.5) is 0 Å². The Morgan fingerprint density at radius 3 is 2.12 bits per heavy atom. The van der Waals surface area contributed by atoms with Crippen molar-refractivity contribution in [2.24, 2.45) is 18.9 Å². The van der Waals surface area contributed by atoms with Crippen LogP contribution in [0.15, 0.2) is 4.90 Å². The van der Waals surface area contributed by atoms with Gasteiger partial charge in [-0.25, -0.2) is 8.42 Å². The van der Waals surface area contributed by atoms with Gasteiger partial charge in [0, 0.05) is 39.1 Å². The molecule has 0 radical (unpaired) electrons. The molecule has 2 aliphatic heterocycles. The van der Waals surface area contributed by atoms with Crippen molar-refractivity contribution in [3.8, 4) is 0 Å². The molecule has 8 heteroatoms. The van der Waals surface area contributed by atoms with E-state index in [1.54, 1.807) is 25.6 Å². The Balaban J connectivity index is 1.65. The fourth-order valence-corrected chi connectivity index (χ4v) is 5.96. The van der Waals surface area contributed by atoms with E-state index in [4.69, 9.17) is 0 Å². The molecule has 0 N–H and O–H groups in total. The van der Waals surface area contributed by atoms with Crippen LogP contribution in [-0.2, 0) is 21.9 Å². The van der Waals surface area contributed by atoms with E-state index in [1.165, 1.54) is 4.31 Å². The van der Waals surface area contributed by atoms with Crippen LogP contribution in [0.5, 0.6) is 0 Å². The summed E-state index contributed by atoms with van der Waals surface area (Å²) >= 11 is 0. The summed E-state index contributed by atoms with van der Waals surface area (Å²) in [5, 5.41) is 4.23. The summed E-state index contributed by atoms with van der Waals surface area (Å²) in [5.41, 5.74) is 1.19. The maximum absolute atomic E-state index is 13.0. The third-order valence-corrected chi connectivity index (χ3v) is 8.09. The fourth-order valence-electron chi connectivity index (χ4n) is 4.09. The number of amides is 1. The zero-order valence-corrected chi connectivity index (χ0v) is 17.0. The lowest BCUT2D eigenvalue weighted by molar-refractivity contribution is -0.138. The Hall–Kier alpha value is -1.41. The SMILES string of the molecule is Cc1nn(C)c(C)c1S(=O)(=O)N1CCC(C(=O)N2CCC(C)CC2)CC1. The van der Waals surface area contributed by atoms with Crippen LogP contribution in [0.2, 0.25) is 0 Å². The van der Waals surface area contributed by atoms with Crippen LogP contribution in [0, 0.1) is 25.7 Å².